The van der Waals surface area contributed by atoms with E-state index in [0.717, 1.165) is 0 Å². The summed E-state index contributed by atoms with van der Waals surface area (Å²) in [6, 6.07) is 74.1. The normalized spacial score (nSPS) is 15.8. The number of fused-ring (bicyclic) bond motifs is 4. The van der Waals surface area contributed by atoms with Crippen molar-refractivity contribution in [3.8, 4) is 0 Å². The first-order chi connectivity index (χ1) is 26.7. The molecule has 8 aromatic rings. The average Bonchev–Trinajstić information content (AvgIpc) is 3.69. The van der Waals surface area contributed by atoms with Gasteiger partial charge in [0.05, 0.1) is 0 Å². The molecule has 0 amide bonds. The van der Waals surface area contributed by atoms with Gasteiger partial charge in [-0.25, -0.2) is 0 Å². The van der Waals surface area contributed by atoms with E-state index < -0.39 is 26.8 Å². The van der Waals surface area contributed by atoms with Crippen molar-refractivity contribution in [2.24, 2.45) is 0 Å². The predicted octanol–water partition coefficient (Wildman–Crippen LogP) is 5.61. The summed E-state index contributed by atoms with van der Waals surface area (Å²) in [6.07, 6.45) is 0. The van der Waals surface area contributed by atoms with Gasteiger partial charge in [-0.05, 0) is 0 Å². The van der Waals surface area contributed by atoms with Gasteiger partial charge in [-0.2, -0.15) is 0 Å². The van der Waals surface area contributed by atoms with Crippen LogP contribution in [-0.4, -0.2) is 5.92 Å². The number of hydrogen-bond donors (Lipinski definition) is 0. The molecule has 2 atom stereocenters. The summed E-state index contributed by atoms with van der Waals surface area (Å²) in [4.78, 5) is 0. The molecule has 0 aromatic heterocycles. The Balaban J connectivity index is 0.00000220. The van der Waals surface area contributed by atoms with Crippen LogP contribution in [-0.2, 0) is 20.9 Å². The maximum atomic E-state index is 2.51. The molecule has 4 heteroatoms. The van der Waals surface area contributed by atoms with E-state index in [9.17, 15) is 0 Å². The first kappa shape index (κ1) is 38.3. The fraction of sp³-hybridized carbons (Fsp3) is 0.0769. The van der Waals surface area contributed by atoms with E-state index >= 15 is 0 Å². The molecule has 56 heavy (non-hydrogen) atoms. The van der Waals surface area contributed by atoms with E-state index in [1.54, 1.807) is 32.6 Å². The Kier molecular flexibility index (Phi) is 11.0. The monoisotopic (exact) mass is 853 g/mol. The fourth-order valence-electron chi connectivity index (χ4n) is 9.96. The van der Waals surface area contributed by atoms with Gasteiger partial charge in [-0.1, -0.05) is 0 Å². The Morgan fingerprint density at radius 2 is 0.696 bits per heavy atom. The second kappa shape index (κ2) is 16.1. The first-order valence-electron chi connectivity index (χ1n) is 19.2. The predicted molar refractivity (Wildman–Crippen MR) is 229 cm³/mol. The van der Waals surface area contributed by atoms with Crippen molar-refractivity contribution in [1.29, 1.82) is 0 Å². The second-order valence-electron chi connectivity index (χ2n) is 15.0. The van der Waals surface area contributed by atoms with Gasteiger partial charge >= 0.3 is 330 Å². The van der Waals surface area contributed by atoms with Crippen molar-refractivity contribution in [2.45, 2.75) is 21.1 Å². The molecule has 0 nitrogen and oxygen atoms in total. The summed E-state index contributed by atoms with van der Waals surface area (Å²) < 4.78 is 0.851. The van der Waals surface area contributed by atoms with Crippen LogP contribution in [0.1, 0.15) is 54.5 Å². The van der Waals surface area contributed by atoms with Crippen LogP contribution in [0.5, 0.6) is 0 Å². The summed E-state index contributed by atoms with van der Waals surface area (Å²) in [6.45, 7) is 5.02. The van der Waals surface area contributed by atoms with Crippen LogP contribution in [0.15, 0.2) is 205 Å². The maximum Gasteiger partial charge on any atom is -1.00 e. The van der Waals surface area contributed by atoms with Gasteiger partial charge in [0, 0.05) is 0 Å². The van der Waals surface area contributed by atoms with Crippen molar-refractivity contribution in [3.05, 3.63) is 239 Å². The van der Waals surface area contributed by atoms with Crippen LogP contribution in [0.25, 0.3) is 32.7 Å². The van der Waals surface area contributed by atoms with Crippen LogP contribution < -0.4 is 35.2 Å². The third-order valence-electron chi connectivity index (χ3n) is 12.1. The average molecular weight is 856 g/mol. The molecule has 2 aliphatic rings. The van der Waals surface area contributed by atoms with Crippen molar-refractivity contribution >= 4 is 49.0 Å². The van der Waals surface area contributed by atoms with Crippen molar-refractivity contribution in [1.82, 2.24) is 0 Å². The van der Waals surface area contributed by atoms with Crippen LogP contribution in [0.4, 0.5) is 0 Å². The third-order valence-corrected chi connectivity index (χ3v) is 35.6. The first-order valence-corrected chi connectivity index (χ1v) is 28.0. The zero-order valence-corrected chi connectivity index (χ0v) is 36.6. The van der Waals surface area contributed by atoms with Gasteiger partial charge in [0.15, 0.2) is 0 Å². The van der Waals surface area contributed by atoms with E-state index in [-0.39, 0.29) is 24.8 Å². The standard InChI is InChI=1S/2C20H15.C12H11Si.2ClH.Zr/c2*1-14-13-16-8-3-5-11-18(16)20(14)19-12-6-9-15-7-2-4-10-17(15)19;1-3-7-11(8-4-1)13-12-9-5-2-6-10-12;;;/h2*2-13H,1H3;1-10,13H;2*1H;/q;;;;;+2/p-2. The number of rotatable bonds is 7. The number of benzene rings is 8. The summed E-state index contributed by atoms with van der Waals surface area (Å²) in [7, 11) is 0. The molecular weight excluding hydrogens is 815 g/mol. The van der Waals surface area contributed by atoms with Gasteiger partial charge in [-0.15, -0.1) is 0 Å². The van der Waals surface area contributed by atoms with E-state index in [4.69, 9.17) is 0 Å². The van der Waals surface area contributed by atoms with Crippen LogP contribution in [0.2, 0.25) is 0 Å². The van der Waals surface area contributed by atoms with Crippen LogP contribution in [0.3, 0.4) is 0 Å². The molecule has 0 saturated carbocycles. The zero-order chi connectivity index (χ0) is 36.2. The molecule has 0 saturated heterocycles. The quantitative estimate of drug-likeness (QED) is 0.183. The molecule has 0 heterocycles. The minimum absolute atomic E-state index is 0. The molecule has 8 aromatic carbocycles. The van der Waals surface area contributed by atoms with Gasteiger partial charge < -0.3 is 24.8 Å². The molecule has 2 aliphatic carbocycles. The van der Waals surface area contributed by atoms with Gasteiger partial charge in [-0.3, -0.25) is 0 Å². The van der Waals surface area contributed by atoms with Gasteiger partial charge in [0.1, 0.15) is 0 Å². The SMILES string of the molecule is CC1=C(c2cccc3ccccc23)c2ccccc2[CH]1[Zr+2]([CH]1C(C)=C(c2cccc3ccccc23)c2ccccc21)[SiH](c1ccccc1)c1ccccc1.[Cl-].[Cl-]. The topological polar surface area (TPSA) is 0 Å². The zero-order valence-electron chi connectivity index (χ0n) is 31.5. The molecule has 0 radical (unpaired) electrons. The van der Waals surface area contributed by atoms with Crippen LogP contribution in [0, 0.1) is 0 Å². The van der Waals surface area contributed by atoms with Crippen LogP contribution >= 0.6 is 0 Å². The molecule has 0 N–H and O–H groups in total. The Labute approximate surface area is 351 Å². The molecule has 2 unspecified atom stereocenters. The van der Waals surface area contributed by atoms with E-state index in [1.165, 1.54) is 54.9 Å². The second-order valence-corrected chi connectivity index (χ2v) is 30.7. The van der Waals surface area contributed by atoms with Gasteiger partial charge in [0.25, 0.3) is 0 Å². The van der Waals surface area contributed by atoms with Crippen molar-refractivity contribution in [2.75, 3.05) is 0 Å². The number of allylic oxidation sites excluding steroid dienone is 2. The molecular formula is C52H41Cl2SiZr. The molecule has 271 valence electrons. The Bertz CT molecular complexity index is 2570. The summed E-state index contributed by atoms with van der Waals surface area (Å²) in [5.41, 5.74) is 14.8. The summed E-state index contributed by atoms with van der Waals surface area (Å²) >= 11 is -2.85. The minimum atomic E-state index is -2.85. The molecule has 0 bridgehead atoms. The smallest absolute Gasteiger partial charge is 1.00 e. The Morgan fingerprint density at radius 1 is 0.357 bits per heavy atom. The van der Waals surface area contributed by atoms with E-state index in [0.29, 0.717) is 7.25 Å². The van der Waals surface area contributed by atoms with E-state index in [1.807, 2.05) is 0 Å². The Hall–Kier alpha value is -4.56. The molecule has 0 fully saturated rings. The molecule has 10 rings (SSSR count). The fourth-order valence-corrected chi connectivity index (χ4v) is 38.5. The van der Waals surface area contributed by atoms with E-state index in [2.05, 4.69) is 208 Å². The number of halogens is 2. The Morgan fingerprint density at radius 3 is 1.14 bits per heavy atom. The van der Waals surface area contributed by atoms with Crippen molar-refractivity contribution in [3.63, 3.8) is 0 Å². The largest absolute Gasteiger partial charge is 1.00 e. The maximum absolute atomic E-state index is 2.85. The van der Waals surface area contributed by atoms with Crippen molar-refractivity contribution < 1.29 is 45.7 Å². The minimum Gasteiger partial charge on any atom is -1.00 e. The van der Waals surface area contributed by atoms with Gasteiger partial charge in [0.2, 0.25) is 0 Å². The summed E-state index contributed by atoms with van der Waals surface area (Å²) in [5, 5.41) is 8.47. The number of hydrogen-bond acceptors (Lipinski definition) is 0. The third kappa shape index (κ3) is 6.32. The summed E-state index contributed by atoms with van der Waals surface area (Å²) in [5.74, 6) is -1.78. The molecule has 0 aliphatic heterocycles. The molecule has 0 spiro atoms.